The molecule has 2 aromatic heterocycles. The summed E-state index contributed by atoms with van der Waals surface area (Å²) in [6.07, 6.45) is 4.75. The number of pyridine rings is 2. The zero-order valence-corrected chi connectivity index (χ0v) is 18.7. The molecular formula is C25H30N4O2. The van der Waals surface area contributed by atoms with E-state index in [0.717, 1.165) is 70.9 Å². The Hall–Kier alpha value is -3.12. The maximum atomic E-state index is 5.59. The SMILES string of the molecule is CCN(CC)CCCNc1nc2c3ccncc3ccc2c2cc(OC)c(OC)cc12. The van der Waals surface area contributed by atoms with Crippen molar-refractivity contribution < 1.29 is 9.47 Å². The summed E-state index contributed by atoms with van der Waals surface area (Å²) in [5.74, 6) is 2.28. The summed E-state index contributed by atoms with van der Waals surface area (Å²) in [5, 5.41) is 8.96. The van der Waals surface area contributed by atoms with Crippen LogP contribution >= 0.6 is 0 Å². The third-order valence-electron chi connectivity index (χ3n) is 5.92. The molecule has 162 valence electrons. The molecule has 6 heteroatoms. The van der Waals surface area contributed by atoms with Gasteiger partial charge < -0.3 is 19.7 Å². The molecule has 0 saturated carbocycles. The monoisotopic (exact) mass is 418 g/mol. The fourth-order valence-corrected chi connectivity index (χ4v) is 4.14. The summed E-state index contributed by atoms with van der Waals surface area (Å²) < 4.78 is 11.2. The van der Waals surface area contributed by atoms with Crippen molar-refractivity contribution in [1.29, 1.82) is 0 Å². The third kappa shape index (κ3) is 4.08. The van der Waals surface area contributed by atoms with Crippen molar-refractivity contribution in [2.24, 2.45) is 0 Å². The second kappa shape index (κ2) is 9.35. The summed E-state index contributed by atoms with van der Waals surface area (Å²) in [4.78, 5) is 11.8. The second-order valence-electron chi connectivity index (χ2n) is 7.58. The first-order valence-electron chi connectivity index (χ1n) is 10.9. The van der Waals surface area contributed by atoms with Gasteiger partial charge >= 0.3 is 0 Å². The highest BCUT2D eigenvalue weighted by atomic mass is 16.5. The van der Waals surface area contributed by atoms with Crippen LogP contribution in [0.2, 0.25) is 0 Å². The molecule has 4 rings (SSSR count). The first-order valence-corrected chi connectivity index (χ1v) is 10.9. The Morgan fingerprint density at radius 3 is 2.35 bits per heavy atom. The highest BCUT2D eigenvalue weighted by Gasteiger charge is 2.15. The number of rotatable bonds is 9. The lowest BCUT2D eigenvalue weighted by Gasteiger charge is -2.19. The van der Waals surface area contributed by atoms with Crippen LogP contribution in [0.3, 0.4) is 0 Å². The average Bonchev–Trinajstić information content (AvgIpc) is 2.82. The van der Waals surface area contributed by atoms with E-state index in [4.69, 9.17) is 14.5 Å². The molecule has 1 N–H and O–H groups in total. The predicted molar refractivity (Wildman–Crippen MR) is 129 cm³/mol. The molecule has 0 amide bonds. The van der Waals surface area contributed by atoms with Gasteiger partial charge in [0.1, 0.15) is 5.82 Å². The molecular weight excluding hydrogens is 388 g/mol. The van der Waals surface area contributed by atoms with E-state index in [-0.39, 0.29) is 0 Å². The van der Waals surface area contributed by atoms with Crippen molar-refractivity contribution in [1.82, 2.24) is 14.9 Å². The van der Waals surface area contributed by atoms with Gasteiger partial charge in [-0.05, 0) is 49.6 Å². The number of aromatic nitrogens is 2. The Balaban J connectivity index is 1.84. The summed E-state index contributed by atoms with van der Waals surface area (Å²) in [5.41, 5.74) is 0.964. The predicted octanol–water partition coefficient (Wildman–Crippen LogP) is 5.10. The van der Waals surface area contributed by atoms with Crippen LogP contribution in [0.15, 0.2) is 42.7 Å². The van der Waals surface area contributed by atoms with Crippen LogP contribution in [0.4, 0.5) is 5.82 Å². The van der Waals surface area contributed by atoms with Crippen molar-refractivity contribution in [2.45, 2.75) is 20.3 Å². The van der Waals surface area contributed by atoms with Gasteiger partial charge in [-0.2, -0.15) is 0 Å². The van der Waals surface area contributed by atoms with Gasteiger partial charge in [0.05, 0.1) is 19.7 Å². The van der Waals surface area contributed by atoms with Crippen molar-refractivity contribution in [3.05, 3.63) is 42.7 Å². The van der Waals surface area contributed by atoms with Crippen LogP contribution in [0.1, 0.15) is 20.3 Å². The van der Waals surface area contributed by atoms with Crippen LogP contribution in [-0.4, -0.2) is 55.3 Å². The normalized spacial score (nSPS) is 11.5. The Bertz CT molecular complexity index is 1200. The van der Waals surface area contributed by atoms with Crippen LogP contribution < -0.4 is 14.8 Å². The van der Waals surface area contributed by atoms with Gasteiger partial charge in [-0.15, -0.1) is 0 Å². The zero-order valence-electron chi connectivity index (χ0n) is 18.7. The van der Waals surface area contributed by atoms with E-state index in [1.54, 1.807) is 14.2 Å². The van der Waals surface area contributed by atoms with E-state index in [2.05, 4.69) is 41.2 Å². The van der Waals surface area contributed by atoms with Gasteiger partial charge in [0.25, 0.3) is 0 Å². The first-order chi connectivity index (χ1) is 15.2. The van der Waals surface area contributed by atoms with Gasteiger partial charge in [-0.3, -0.25) is 4.98 Å². The molecule has 0 fully saturated rings. The van der Waals surface area contributed by atoms with E-state index < -0.39 is 0 Å². The maximum absolute atomic E-state index is 5.59. The van der Waals surface area contributed by atoms with Gasteiger partial charge in [0.2, 0.25) is 0 Å². The average molecular weight is 419 g/mol. The third-order valence-corrected chi connectivity index (χ3v) is 5.92. The standard InChI is InChI=1S/C25H30N4O2/c1-5-29(6-2)13-7-11-27-25-21-15-23(31-4)22(30-3)14-20(21)19-9-8-17-16-26-12-10-18(17)24(19)28-25/h8-10,12,14-16H,5-7,11,13H2,1-4H3,(H,27,28). The van der Waals surface area contributed by atoms with Gasteiger partial charge in [-0.25, -0.2) is 4.98 Å². The summed E-state index contributed by atoms with van der Waals surface area (Å²) in [6, 6.07) is 10.3. The number of nitrogens with one attached hydrogen (secondary N) is 1. The largest absolute Gasteiger partial charge is 0.493 e. The van der Waals surface area contributed by atoms with E-state index in [1.807, 2.05) is 30.6 Å². The van der Waals surface area contributed by atoms with Gasteiger partial charge in [-0.1, -0.05) is 26.0 Å². The topological polar surface area (TPSA) is 59.5 Å². The highest BCUT2D eigenvalue weighted by molar-refractivity contribution is 6.18. The summed E-state index contributed by atoms with van der Waals surface area (Å²) in [7, 11) is 3.33. The molecule has 2 aromatic carbocycles. The number of hydrogen-bond acceptors (Lipinski definition) is 6. The molecule has 0 spiro atoms. The fraction of sp³-hybridized carbons (Fsp3) is 0.360. The molecule has 0 aliphatic rings. The van der Waals surface area contributed by atoms with Crippen LogP contribution in [0.25, 0.3) is 32.4 Å². The molecule has 6 nitrogen and oxygen atoms in total. The molecule has 0 bridgehead atoms. The van der Waals surface area contributed by atoms with Crippen molar-refractivity contribution >= 4 is 38.3 Å². The van der Waals surface area contributed by atoms with Crippen molar-refractivity contribution in [2.75, 3.05) is 45.7 Å². The van der Waals surface area contributed by atoms with E-state index in [1.165, 1.54) is 0 Å². The minimum absolute atomic E-state index is 0.701. The minimum atomic E-state index is 0.701. The number of methoxy groups -OCH3 is 2. The van der Waals surface area contributed by atoms with Crippen molar-refractivity contribution in [3.63, 3.8) is 0 Å². The Morgan fingerprint density at radius 1 is 0.903 bits per heavy atom. The Morgan fingerprint density at radius 2 is 1.65 bits per heavy atom. The Kier molecular flexibility index (Phi) is 6.37. The number of fused-ring (bicyclic) bond motifs is 5. The summed E-state index contributed by atoms with van der Waals surface area (Å²) in [6.45, 7) is 8.47. The second-order valence-corrected chi connectivity index (χ2v) is 7.58. The van der Waals surface area contributed by atoms with E-state index in [9.17, 15) is 0 Å². The van der Waals surface area contributed by atoms with Crippen LogP contribution in [-0.2, 0) is 0 Å². The summed E-state index contributed by atoms with van der Waals surface area (Å²) >= 11 is 0. The van der Waals surface area contributed by atoms with Crippen LogP contribution in [0.5, 0.6) is 11.5 Å². The van der Waals surface area contributed by atoms with Crippen LogP contribution in [0, 0.1) is 0 Å². The molecule has 2 heterocycles. The Labute approximate surface area is 183 Å². The molecule has 0 unspecified atom stereocenters. The minimum Gasteiger partial charge on any atom is -0.493 e. The lowest BCUT2D eigenvalue weighted by Crippen LogP contribution is -2.25. The molecule has 31 heavy (non-hydrogen) atoms. The van der Waals surface area contributed by atoms with E-state index >= 15 is 0 Å². The molecule has 0 aliphatic carbocycles. The number of anilines is 1. The molecule has 0 radical (unpaired) electrons. The number of nitrogens with zero attached hydrogens (tertiary/aromatic N) is 3. The highest BCUT2D eigenvalue weighted by Crippen LogP contribution is 2.39. The molecule has 0 atom stereocenters. The quantitative estimate of drug-likeness (QED) is 0.302. The zero-order chi connectivity index (χ0) is 21.8. The molecule has 0 aliphatic heterocycles. The molecule has 0 saturated heterocycles. The van der Waals surface area contributed by atoms with Crippen molar-refractivity contribution in [3.8, 4) is 11.5 Å². The fourth-order valence-electron chi connectivity index (χ4n) is 4.14. The maximum Gasteiger partial charge on any atom is 0.161 e. The number of benzene rings is 2. The first kappa shape index (κ1) is 21.1. The lowest BCUT2D eigenvalue weighted by atomic mass is 10.0. The smallest absolute Gasteiger partial charge is 0.161 e. The molecule has 4 aromatic rings. The van der Waals surface area contributed by atoms with Gasteiger partial charge in [0.15, 0.2) is 11.5 Å². The van der Waals surface area contributed by atoms with Gasteiger partial charge in [0, 0.05) is 40.5 Å². The lowest BCUT2D eigenvalue weighted by molar-refractivity contribution is 0.303. The number of hydrogen-bond donors (Lipinski definition) is 1. The van der Waals surface area contributed by atoms with E-state index in [0.29, 0.717) is 11.5 Å². The number of ether oxygens (including phenoxy) is 2.